The van der Waals surface area contributed by atoms with Crippen LogP contribution in [0.3, 0.4) is 0 Å². The molecule has 0 saturated carbocycles. The van der Waals surface area contributed by atoms with Crippen molar-refractivity contribution in [2.75, 3.05) is 37.4 Å². The number of benzene rings is 1. The Labute approximate surface area is 123 Å². The van der Waals surface area contributed by atoms with Crippen molar-refractivity contribution in [2.45, 2.75) is 6.10 Å². The highest BCUT2D eigenvalue weighted by atomic mass is 32.2. The summed E-state index contributed by atoms with van der Waals surface area (Å²) in [5.74, 6) is 0.0104. The smallest absolute Gasteiger partial charge is 0.263 e. The van der Waals surface area contributed by atoms with Crippen LogP contribution in [0, 0.1) is 0 Å². The minimum Gasteiger partial charge on any atom is -0.476 e. The summed E-state index contributed by atoms with van der Waals surface area (Å²) < 4.78 is 35.4. The van der Waals surface area contributed by atoms with E-state index in [1.807, 2.05) is 0 Å². The first-order valence-corrected chi connectivity index (χ1v) is 8.28. The predicted octanol–water partition coefficient (Wildman–Crippen LogP) is -0.0238. The fourth-order valence-corrected chi connectivity index (χ4v) is 2.96. The van der Waals surface area contributed by atoms with Crippen LogP contribution in [0.2, 0.25) is 0 Å². The molecule has 1 aliphatic heterocycles. The van der Waals surface area contributed by atoms with Gasteiger partial charge >= 0.3 is 0 Å². The highest BCUT2D eigenvalue weighted by Crippen LogP contribution is 2.34. The summed E-state index contributed by atoms with van der Waals surface area (Å²) >= 11 is 0. The summed E-state index contributed by atoms with van der Waals surface area (Å²) in [6.45, 7) is 0.676. The molecule has 1 atom stereocenters. The quantitative estimate of drug-likeness (QED) is 0.772. The molecule has 1 amide bonds. The number of ether oxygens (including phenoxy) is 2. The second-order valence-electron chi connectivity index (χ2n) is 4.65. The molecule has 0 fully saturated rings. The summed E-state index contributed by atoms with van der Waals surface area (Å²) in [4.78, 5) is 12.0. The van der Waals surface area contributed by atoms with Gasteiger partial charge in [-0.15, -0.1) is 0 Å². The minimum atomic E-state index is -3.48. The first-order chi connectivity index (χ1) is 9.93. The molecule has 1 N–H and O–H groups in total. The van der Waals surface area contributed by atoms with Gasteiger partial charge in [-0.3, -0.25) is 9.10 Å². The molecule has 1 aliphatic rings. The number of amides is 1. The summed E-state index contributed by atoms with van der Waals surface area (Å²) in [7, 11) is -1.95. The number of nitrogens with zero attached hydrogens (tertiary/aromatic N) is 1. The molecule has 21 heavy (non-hydrogen) atoms. The Kier molecular flexibility index (Phi) is 4.69. The van der Waals surface area contributed by atoms with Gasteiger partial charge in [0.05, 0.1) is 25.1 Å². The van der Waals surface area contributed by atoms with E-state index in [1.54, 1.807) is 24.3 Å². The van der Waals surface area contributed by atoms with Crippen LogP contribution >= 0.6 is 0 Å². The largest absolute Gasteiger partial charge is 0.476 e. The topological polar surface area (TPSA) is 84.9 Å². The number of hydrogen-bond donors (Lipinski definition) is 1. The maximum absolute atomic E-state index is 12.0. The van der Waals surface area contributed by atoms with Gasteiger partial charge in [0.2, 0.25) is 10.0 Å². The van der Waals surface area contributed by atoms with Crippen LogP contribution in [0.25, 0.3) is 0 Å². The number of rotatable bonds is 5. The molecule has 116 valence electrons. The molecule has 1 aromatic carbocycles. The van der Waals surface area contributed by atoms with Crippen molar-refractivity contribution in [3.05, 3.63) is 24.3 Å². The van der Waals surface area contributed by atoms with E-state index in [4.69, 9.17) is 9.47 Å². The van der Waals surface area contributed by atoms with E-state index in [0.29, 0.717) is 24.6 Å². The van der Waals surface area contributed by atoms with E-state index in [9.17, 15) is 13.2 Å². The summed E-state index contributed by atoms with van der Waals surface area (Å²) in [5.41, 5.74) is 0.445. The fourth-order valence-electron chi connectivity index (χ4n) is 2.04. The number of para-hydroxylation sites is 2. The molecule has 0 saturated heterocycles. The number of hydrogen-bond acceptors (Lipinski definition) is 5. The van der Waals surface area contributed by atoms with Crippen LogP contribution < -0.4 is 14.4 Å². The van der Waals surface area contributed by atoms with Crippen molar-refractivity contribution >= 4 is 21.6 Å². The molecule has 1 heterocycles. The van der Waals surface area contributed by atoms with E-state index < -0.39 is 16.1 Å². The van der Waals surface area contributed by atoms with Gasteiger partial charge in [0, 0.05) is 13.7 Å². The summed E-state index contributed by atoms with van der Waals surface area (Å²) in [6.07, 6.45) is 0.223. The van der Waals surface area contributed by atoms with Gasteiger partial charge in [-0.1, -0.05) is 12.1 Å². The van der Waals surface area contributed by atoms with Crippen molar-refractivity contribution in [2.24, 2.45) is 0 Å². The molecule has 0 bridgehead atoms. The number of methoxy groups -OCH3 is 1. The molecule has 0 aliphatic carbocycles. The molecule has 0 spiro atoms. The zero-order valence-corrected chi connectivity index (χ0v) is 12.7. The minimum absolute atomic E-state index is 0.0470. The highest BCUT2D eigenvalue weighted by molar-refractivity contribution is 7.92. The molecule has 2 rings (SSSR count). The van der Waals surface area contributed by atoms with E-state index in [-0.39, 0.29) is 12.5 Å². The predicted molar refractivity (Wildman–Crippen MR) is 77.9 cm³/mol. The molecular weight excluding hydrogens is 296 g/mol. The Balaban J connectivity index is 2.20. The van der Waals surface area contributed by atoms with Gasteiger partial charge in [0.15, 0.2) is 6.10 Å². The third-order valence-electron chi connectivity index (χ3n) is 3.03. The van der Waals surface area contributed by atoms with Crippen molar-refractivity contribution in [3.63, 3.8) is 0 Å². The number of fused-ring (bicyclic) bond motifs is 1. The molecule has 0 aromatic heterocycles. The van der Waals surface area contributed by atoms with Crippen LogP contribution in [0.5, 0.6) is 5.75 Å². The third-order valence-corrected chi connectivity index (χ3v) is 4.18. The lowest BCUT2D eigenvalue weighted by Gasteiger charge is -2.33. The zero-order chi connectivity index (χ0) is 15.5. The average molecular weight is 314 g/mol. The Morgan fingerprint density at radius 2 is 2.19 bits per heavy atom. The zero-order valence-electron chi connectivity index (χ0n) is 11.9. The normalized spacial score (nSPS) is 17.8. The van der Waals surface area contributed by atoms with Crippen molar-refractivity contribution in [1.82, 2.24) is 5.32 Å². The fraction of sp³-hybridized carbons (Fsp3) is 0.462. The highest BCUT2D eigenvalue weighted by Gasteiger charge is 2.34. The molecule has 1 aromatic rings. The van der Waals surface area contributed by atoms with E-state index in [0.717, 1.165) is 6.26 Å². The molecule has 7 nitrogen and oxygen atoms in total. The number of nitrogens with one attached hydrogen (secondary N) is 1. The van der Waals surface area contributed by atoms with Crippen LogP contribution in [-0.2, 0) is 19.6 Å². The average Bonchev–Trinajstić information content (AvgIpc) is 2.45. The van der Waals surface area contributed by atoms with Crippen molar-refractivity contribution in [3.8, 4) is 5.75 Å². The van der Waals surface area contributed by atoms with Gasteiger partial charge in [-0.2, -0.15) is 0 Å². The lowest BCUT2D eigenvalue weighted by Crippen LogP contribution is -2.50. The van der Waals surface area contributed by atoms with Gasteiger partial charge < -0.3 is 14.8 Å². The lowest BCUT2D eigenvalue weighted by atomic mass is 10.2. The summed E-state index contributed by atoms with van der Waals surface area (Å²) in [5, 5.41) is 2.65. The maximum Gasteiger partial charge on any atom is 0.263 e. The molecular formula is C13H18N2O5S. The van der Waals surface area contributed by atoms with E-state index >= 15 is 0 Å². The second-order valence-corrected chi connectivity index (χ2v) is 6.56. The molecule has 0 radical (unpaired) electrons. The van der Waals surface area contributed by atoms with Gasteiger partial charge in [0.1, 0.15) is 5.75 Å². The number of anilines is 1. The van der Waals surface area contributed by atoms with Gasteiger partial charge in [0.25, 0.3) is 5.91 Å². The SMILES string of the molecule is COCCNC(=O)[C@H]1CN(S(C)(=O)=O)c2ccccc2O1. The van der Waals surface area contributed by atoms with Gasteiger partial charge in [-0.05, 0) is 12.1 Å². The molecule has 8 heteroatoms. The molecule has 0 unspecified atom stereocenters. The van der Waals surface area contributed by atoms with Gasteiger partial charge in [-0.25, -0.2) is 8.42 Å². The van der Waals surface area contributed by atoms with Crippen LogP contribution in [0.1, 0.15) is 0 Å². The van der Waals surface area contributed by atoms with Crippen LogP contribution in [0.15, 0.2) is 24.3 Å². The van der Waals surface area contributed by atoms with Crippen LogP contribution in [0.4, 0.5) is 5.69 Å². The third kappa shape index (κ3) is 3.64. The number of sulfonamides is 1. The van der Waals surface area contributed by atoms with Crippen molar-refractivity contribution in [1.29, 1.82) is 0 Å². The van der Waals surface area contributed by atoms with Crippen molar-refractivity contribution < 1.29 is 22.7 Å². The number of carbonyl (C=O) groups excluding carboxylic acids is 1. The number of carbonyl (C=O) groups is 1. The Morgan fingerprint density at radius 1 is 1.48 bits per heavy atom. The monoisotopic (exact) mass is 314 g/mol. The Hall–Kier alpha value is -1.80. The standard InChI is InChI=1S/C13H18N2O5S/c1-19-8-7-14-13(16)12-9-15(21(2,17)18)10-5-3-4-6-11(10)20-12/h3-6,12H,7-9H2,1-2H3,(H,14,16)/t12-/m1/s1. The first-order valence-electron chi connectivity index (χ1n) is 6.43. The second kappa shape index (κ2) is 6.31. The Bertz CT molecular complexity index is 617. The lowest BCUT2D eigenvalue weighted by molar-refractivity contribution is -0.127. The van der Waals surface area contributed by atoms with E-state index in [2.05, 4.69) is 5.32 Å². The maximum atomic E-state index is 12.0. The Morgan fingerprint density at radius 3 is 2.86 bits per heavy atom. The van der Waals surface area contributed by atoms with Crippen LogP contribution in [-0.4, -0.2) is 53.5 Å². The summed E-state index contributed by atoms with van der Waals surface area (Å²) in [6, 6.07) is 6.74. The first kappa shape index (κ1) is 15.6. The van der Waals surface area contributed by atoms with E-state index in [1.165, 1.54) is 11.4 Å².